The van der Waals surface area contributed by atoms with Crippen molar-refractivity contribution in [3.8, 4) is 17.1 Å². The van der Waals surface area contributed by atoms with Gasteiger partial charge in [-0.1, -0.05) is 6.92 Å². The molecule has 0 aliphatic heterocycles. The first-order chi connectivity index (χ1) is 11.6. The molecule has 1 amide bonds. The minimum Gasteiger partial charge on any atom is -0.497 e. The maximum Gasteiger partial charge on any atom is 0.224 e. The van der Waals surface area contributed by atoms with E-state index >= 15 is 0 Å². The highest BCUT2D eigenvalue weighted by Crippen LogP contribution is 2.25. The van der Waals surface area contributed by atoms with Crippen molar-refractivity contribution in [2.75, 3.05) is 12.4 Å². The fourth-order valence-electron chi connectivity index (χ4n) is 2.37. The summed E-state index contributed by atoms with van der Waals surface area (Å²) in [5.74, 6) is 1.04. The summed E-state index contributed by atoms with van der Waals surface area (Å²) in [6.07, 6.45) is 0.421. The SMILES string of the molecule is CCC(=O)Nc1ccc(-c2cc(=O)c3cc(OC)ccc3o2)cc1. The van der Waals surface area contributed by atoms with Gasteiger partial charge in [0.1, 0.15) is 17.1 Å². The first kappa shape index (κ1) is 15.8. The van der Waals surface area contributed by atoms with Crippen molar-refractivity contribution >= 4 is 22.6 Å². The normalized spacial score (nSPS) is 10.6. The number of rotatable bonds is 4. The number of hydrogen-bond donors (Lipinski definition) is 1. The highest BCUT2D eigenvalue weighted by atomic mass is 16.5. The van der Waals surface area contributed by atoms with Crippen molar-refractivity contribution in [2.24, 2.45) is 0 Å². The molecule has 5 nitrogen and oxygen atoms in total. The molecule has 0 aliphatic carbocycles. The summed E-state index contributed by atoms with van der Waals surface area (Å²) < 4.78 is 11.0. The predicted molar refractivity (Wildman–Crippen MR) is 93.4 cm³/mol. The number of hydrogen-bond acceptors (Lipinski definition) is 4. The van der Waals surface area contributed by atoms with Crippen molar-refractivity contribution in [3.05, 3.63) is 58.8 Å². The molecule has 0 aliphatic rings. The Morgan fingerprint density at radius 3 is 2.54 bits per heavy atom. The molecule has 0 atom stereocenters. The summed E-state index contributed by atoms with van der Waals surface area (Å²) in [5.41, 5.74) is 1.84. The average molecular weight is 323 g/mol. The average Bonchev–Trinajstić information content (AvgIpc) is 2.62. The Bertz CT molecular complexity index is 942. The quantitative estimate of drug-likeness (QED) is 0.792. The second-order valence-electron chi connectivity index (χ2n) is 5.32. The van der Waals surface area contributed by atoms with Crippen LogP contribution >= 0.6 is 0 Å². The Morgan fingerprint density at radius 2 is 1.88 bits per heavy atom. The molecule has 3 aromatic rings. The van der Waals surface area contributed by atoms with E-state index in [4.69, 9.17) is 9.15 Å². The summed E-state index contributed by atoms with van der Waals surface area (Å²) >= 11 is 0. The third kappa shape index (κ3) is 3.15. The summed E-state index contributed by atoms with van der Waals surface area (Å²) in [6, 6.07) is 13.8. The van der Waals surface area contributed by atoms with Crippen molar-refractivity contribution < 1.29 is 13.9 Å². The standard InChI is InChI=1S/C19H17NO4/c1-3-19(22)20-13-6-4-12(5-7-13)18-11-16(21)15-10-14(23-2)8-9-17(15)24-18/h4-11H,3H2,1-2H3,(H,20,22). The largest absolute Gasteiger partial charge is 0.497 e. The maximum atomic E-state index is 12.3. The number of amides is 1. The molecule has 1 aromatic heterocycles. The lowest BCUT2D eigenvalue weighted by molar-refractivity contribution is -0.115. The fourth-order valence-corrected chi connectivity index (χ4v) is 2.37. The monoisotopic (exact) mass is 323 g/mol. The molecule has 3 rings (SSSR count). The van der Waals surface area contributed by atoms with Crippen LogP contribution < -0.4 is 15.5 Å². The number of fused-ring (bicyclic) bond motifs is 1. The molecule has 0 bridgehead atoms. The molecule has 0 unspecified atom stereocenters. The second-order valence-corrected chi connectivity index (χ2v) is 5.32. The highest BCUT2D eigenvalue weighted by Gasteiger charge is 2.08. The van der Waals surface area contributed by atoms with Crippen LogP contribution in [0.1, 0.15) is 13.3 Å². The van der Waals surface area contributed by atoms with E-state index in [2.05, 4.69) is 5.32 Å². The summed E-state index contributed by atoms with van der Waals surface area (Å²) in [6.45, 7) is 1.79. The Morgan fingerprint density at radius 1 is 1.12 bits per heavy atom. The topological polar surface area (TPSA) is 68.5 Å². The van der Waals surface area contributed by atoms with E-state index in [0.29, 0.717) is 34.6 Å². The Balaban J connectivity index is 1.97. The zero-order valence-corrected chi connectivity index (χ0v) is 13.5. The minimum atomic E-state index is -0.131. The summed E-state index contributed by atoms with van der Waals surface area (Å²) in [5, 5.41) is 3.26. The van der Waals surface area contributed by atoms with E-state index in [-0.39, 0.29) is 11.3 Å². The lowest BCUT2D eigenvalue weighted by Gasteiger charge is -2.07. The number of anilines is 1. The van der Waals surface area contributed by atoms with Gasteiger partial charge in [0.2, 0.25) is 5.91 Å². The number of methoxy groups -OCH3 is 1. The summed E-state index contributed by atoms with van der Waals surface area (Å²) in [4.78, 5) is 23.7. The second kappa shape index (κ2) is 6.58. The molecule has 0 spiro atoms. The third-order valence-corrected chi connectivity index (χ3v) is 3.71. The van der Waals surface area contributed by atoms with Crippen molar-refractivity contribution in [1.82, 2.24) is 0 Å². The van der Waals surface area contributed by atoms with Gasteiger partial charge in [-0.2, -0.15) is 0 Å². The van der Waals surface area contributed by atoms with Gasteiger partial charge in [0.15, 0.2) is 5.43 Å². The summed E-state index contributed by atoms with van der Waals surface area (Å²) in [7, 11) is 1.55. The number of benzene rings is 2. The Labute approximate surface area is 138 Å². The van der Waals surface area contributed by atoms with Gasteiger partial charge in [-0.15, -0.1) is 0 Å². The predicted octanol–water partition coefficient (Wildman–Crippen LogP) is 3.82. The molecule has 24 heavy (non-hydrogen) atoms. The molecule has 5 heteroatoms. The molecule has 1 heterocycles. The van der Waals surface area contributed by atoms with Crippen molar-refractivity contribution in [1.29, 1.82) is 0 Å². The molecule has 0 fully saturated rings. The van der Waals surface area contributed by atoms with Gasteiger partial charge < -0.3 is 14.5 Å². The zero-order valence-electron chi connectivity index (χ0n) is 13.5. The lowest BCUT2D eigenvalue weighted by atomic mass is 10.1. The smallest absolute Gasteiger partial charge is 0.224 e. The van der Waals surface area contributed by atoms with E-state index in [1.165, 1.54) is 6.07 Å². The van der Waals surface area contributed by atoms with Gasteiger partial charge in [-0.25, -0.2) is 0 Å². The zero-order chi connectivity index (χ0) is 17.1. The van der Waals surface area contributed by atoms with Gasteiger partial charge in [0.05, 0.1) is 12.5 Å². The van der Waals surface area contributed by atoms with Crippen LogP contribution in [0.25, 0.3) is 22.3 Å². The molecule has 1 N–H and O–H groups in total. The lowest BCUT2D eigenvalue weighted by Crippen LogP contribution is -2.09. The van der Waals surface area contributed by atoms with E-state index in [1.807, 2.05) is 0 Å². The molecular formula is C19H17NO4. The van der Waals surface area contributed by atoms with Crippen LogP contribution in [-0.2, 0) is 4.79 Å². The van der Waals surface area contributed by atoms with Crippen LogP contribution in [0, 0.1) is 0 Å². The van der Waals surface area contributed by atoms with Gasteiger partial charge in [-0.05, 0) is 42.5 Å². The number of ether oxygens (including phenoxy) is 1. The minimum absolute atomic E-state index is 0.0473. The number of carbonyl (C=O) groups excluding carboxylic acids is 1. The third-order valence-electron chi connectivity index (χ3n) is 3.71. The number of nitrogens with one attached hydrogen (secondary N) is 1. The molecule has 0 saturated heterocycles. The van der Waals surface area contributed by atoms with Crippen LogP contribution in [0.2, 0.25) is 0 Å². The molecule has 0 radical (unpaired) electrons. The van der Waals surface area contributed by atoms with Crippen LogP contribution in [0.15, 0.2) is 57.7 Å². The Kier molecular flexibility index (Phi) is 4.33. The van der Waals surface area contributed by atoms with Gasteiger partial charge in [-0.3, -0.25) is 9.59 Å². The van der Waals surface area contributed by atoms with Crippen LogP contribution in [0.3, 0.4) is 0 Å². The van der Waals surface area contributed by atoms with E-state index in [9.17, 15) is 9.59 Å². The number of carbonyl (C=O) groups is 1. The molecule has 2 aromatic carbocycles. The first-order valence-electron chi connectivity index (χ1n) is 7.63. The molecule has 122 valence electrons. The first-order valence-corrected chi connectivity index (χ1v) is 7.63. The fraction of sp³-hybridized carbons (Fsp3) is 0.158. The Hall–Kier alpha value is -3.08. The van der Waals surface area contributed by atoms with Gasteiger partial charge >= 0.3 is 0 Å². The van der Waals surface area contributed by atoms with Crippen LogP contribution in [0.5, 0.6) is 5.75 Å². The molecular weight excluding hydrogens is 306 g/mol. The molecule has 0 saturated carbocycles. The van der Waals surface area contributed by atoms with Gasteiger partial charge in [0, 0.05) is 23.7 Å². The van der Waals surface area contributed by atoms with Gasteiger partial charge in [0.25, 0.3) is 0 Å². The van der Waals surface area contributed by atoms with Crippen LogP contribution in [-0.4, -0.2) is 13.0 Å². The van der Waals surface area contributed by atoms with E-state index in [0.717, 1.165) is 5.56 Å². The van der Waals surface area contributed by atoms with Crippen LogP contribution in [0.4, 0.5) is 5.69 Å². The van der Waals surface area contributed by atoms with Crippen molar-refractivity contribution in [3.63, 3.8) is 0 Å². The maximum absolute atomic E-state index is 12.3. The van der Waals surface area contributed by atoms with E-state index in [1.54, 1.807) is 56.5 Å². The van der Waals surface area contributed by atoms with Crippen molar-refractivity contribution in [2.45, 2.75) is 13.3 Å². The van der Waals surface area contributed by atoms with E-state index < -0.39 is 0 Å². The highest BCUT2D eigenvalue weighted by molar-refractivity contribution is 5.90.